The zero-order chi connectivity index (χ0) is 19.7. The topological polar surface area (TPSA) is 87.0 Å². The van der Waals surface area contributed by atoms with Crippen molar-refractivity contribution in [2.45, 2.75) is 90.9 Å². The van der Waals surface area contributed by atoms with Crippen molar-refractivity contribution >= 4 is 5.97 Å². The summed E-state index contributed by atoms with van der Waals surface area (Å²) in [5.74, 6) is -0.374. The minimum absolute atomic E-state index is 0.119. The summed E-state index contributed by atoms with van der Waals surface area (Å²) in [5, 5.41) is 28.1. The van der Waals surface area contributed by atoms with Crippen LogP contribution in [0.5, 0.6) is 0 Å². The molecule has 0 amide bonds. The van der Waals surface area contributed by atoms with Gasteiger partial charge in [0.05, 0.1) is 31.2 Å². The Morgan fingerprint density at radius 3 is 1.65 bits per heavy atom. The number of aliphatic hydroxyl groups is 3. The zero-order valence-corrected chi connectivity index (χ0v) is 17.0. The van der Waals surface area contributed by atoms with Crippen molar-refractivity contribution in [2.24, 2.45) is 11.3 Å². The van der Waals surface area contributed by atoms with Crippen molar-refractivity contribution in [3.63, 3.8) is 0 Å². The molecule has 0 bridgehead atoms. The van der Waals surface area contributed by atoms with Crippen molar-refractivity contribution in [3.8, 4) is 0 Å². The van der Waals surface area contributed by atoms with E-state index >= 15 is 0 Å². The average molecular weight is 375 g/mol. The molecule has 0 aromatic carbocycles. The third-order valence-corrected chi connectivity index (χ3v) is 5.17. The van der Waals surface area contributed by atoms with E-state index in [2.05, 4.69) is 13.8 Å². The summed E-state index contributed by atoms with van der Waals surface area (Å²) in [5.41, 5.74) is -1.15. The van der Waals surface area contributed by atoms with Crippen molar-refractivity contribution < 1.29 is 24.9 Å². The van der Waals surface area contributed by atoms with Gasteiger partial charge in [0.2, 0.25) is 0 Å². The Labute approximate surface area is 160 Å². The number of aliphatic hydroxyl groups excluding tert-OH is 3. The van der Waals surface area contributed by atoms with Gasteiger partial charge < -0.3 is 20.1 Å². The van der Waals surface area contributed by atoms with Crippen LogP contribution in [0.2, 0.25) is 0 Å². The first-order valence-electron chi connectivity index (χ1n) is 10.6. The zero-order valence-electron chi connectivity index (χ0n) is 17.0. The lowest BCUT2D eigenvalue weighted by Gasteiger charge is -2.27. The largest absolute Gasteiger partial charge is 0.465 e. The number of ether oxygens (including phenoxy) is 1. The molecule has 156 valence electrons. The molecule has 5 heteroatoms. The van der Waals surface area contributed by atoms with Gasteiger partial charge in [-0.1, -0.05) is 78.1 Å². The summed E-state index contributed by atoms with van der Waals surface area (Å²) in [6.07, 6.45) is 13.3. The Morgan fingerprint density at radius 1 is 0.769 bits per heavy atom. The molecule has 0 aliphatic carbocycles. The van der Waals surface area contributed by atoms with Crippen LogP contribution < -0.4 is 0 Å². The van der Waals surface area contributed by atoms with Crippen molar-refractivity contribution in [1.29, 1.82) is 0 Å². The molecule has 0 aromatic heterocycles. The maximum Gasteiger partial charge on any atom is 0.308 e. The molecule has 26 heavy (non-hydrogen) atoms. The highest BCUT2D eigenvalue weighted by molar-refractivity contribution is 5.72. The summed E-state index contributed by atoms with van der Waals surface area (Å²) in [7, 11) is 0. The minimum atomic E-state index is -1.15. The van der Waals surface area contributed by atoms with Crippen molar-refractivity contribution in [1.82, 2.24) is 0 Å². The Hall–Kier alpha value is -0.650. The Morgan fingerprint density at radius 2 is 1.19 bits per heavy atom. The minimum Gasteiger partial charge on any atom is -0.465 e. The van der Waals surface area contributed by atoms with Gasteiger partial charge in [-0.3, -0.25) is 4.79 Å². The number of carbonyl (C=O) groups is 1. The van der Waals surface area contributed by atoms with E-state index in [0.29, 0.717) is 0 Å². The van der Waals surface area contributed by atoms with E-state index in [1.54, 1.807) is 0 Å². The SMILES string of the molecule is CCCCCCCCC(CCCCCC)C(=O)OCC(CO)(CO)CO. The Bertz CT molecular complexity index is 320. The van der Waals surface area contributed by atoms with E-state index in [9.17, 15) is 20.1 Å². The van der Waals surface area contributed by atoms with Gasteiger partial charge in [0.15, 0.2) is 0 Å². The molecule has 5 nitrogen and oxygen atoms in total. The van der Waals surface area contributed by atoms with Crippen LogP contribution in [0.4, 0.5) is 0 Å². The number of hydrogen-bond acceptors (Lipinski definition) is 5. The molecular weight excluding hydrogens is 332 g/mol. The van der Waals surface area contributed by atoms with Crippen LogP contribution in [-0.2, 0) is 9.53 Å². The van der Waals surface area contributed by atoms with E-state index in [1.807, 2.05) is 0 Å². The predicted octanol–water partition coefficient (Wildman–Crippen LogP) is 3.83. The first kappa shape index (κ1) is 25.4. The monoisotopic (exact) mass is 374 g/mol. The van der Waals surface area contributed by atoms with Crippen LogP contribution in [0.15, 0.2) is 0 Å². The molecule has 0 aliphatic heterocycles. The van der Waals surface area contributed by atoms with E-state index in [1.165, 1.54) is 38.5 Å². The maximum atomic E-state index is 12.5. The summed E-state index contributed by atoms with van der Waals surface area (Å²) >= 11 is 0. The van der Waals surface area contributed by atoms with Gasteiger partial charge in [-0.2, -0.15) is 0 Å². The number of unbranched alkanes of at least 4 members (excludes halogenated alkanes) is 8. The molecule has 0 aromatic rings. The normalized spacial score (nSPS) is 13.0. The quantitative estimate of drug-likeness (QED) is 0.251. The molecule has 0 heterocycles. The number of rotatable bonds is 18. The number of hydrogen-bond donors (Lipinski definition) is 3. The lowest BCUT2D eigenvalue weighted by Crippen LogP contribution is -2.40. The first-order valence-corrected chi connectivity index (χ1v) is 10.6. The van der Waals surface area contributed by atoms with Crippen LogP contribution >= 0.6 is 0 Å². The van der Waals surface area contributed by atoms with Crippen molar-refractivity contribution in [2.75, 3.05) is 26.4 Å². The third kappa shape index (κ3) is 11.1. The predicted molar refractivity (Wildman–Crippen MR) is 105 cm³/mol. The molecule has 0 spiro atoms. The second kappa shape index (κ2) is 16.5. The highest BCUT2D eigenvalue weighted by Gasteiger charge is 2.31. The second-order valence-electron chi connectivity index (χ2n) is 7.68. The molecule has 0 saturated carbocycles. The van der Waals surface area contributed by atoms with E-state index in [-0.39, 0.29) is 18.5 Å². The van der Waals surface area contributed by atoms with Gasteiger partial charge in [0.1, 0.15) is 6.61 Å². The lowest BCUT2D eigenvalue weighted by molar-refractivity contribution is -0.156. The molecule has 0 radical (unpaired) electrons. The summed E-state index contributed by atoms with van der Waals surface area (Å²) in [6.45, 7) is 2.99. The lowest BCUT2D eigenvalue weighted by atomic mass is 9.92. The molecule has 3 N–H and O–H groups in total. The fourth-order valence-corrected chi connectivity index (χ4v) is 3.00. The standard InChI is InChI=1S/C21H42O5/c1-3-5-7-9-10-12-14-19(13-11-8-6-4-2)20(25)26-18-21(15-22,16-23)17-24/h19,22-24H,3-18H2,1-2H3. The Kier molecular flexibility index (Phi) is 16.1. The maximum absolute atomic E-state index is 12.5. The van der Waals surface area contributed by atoms with Crippen LogP contribution in [-0.4, -0.2) is 47.7 Å². The summed E-state index contributed by atoms with van der Waals surface area (Å²) in [4.78, 5) is 12.5. The average Bonchev–Trinajstić information content (AvgIpc) is 2.67. The molecular formula is C21H42O5. The third-order valence-electron chi connectivity index (χ3n) is 5.17. The summed E-state index contributed by atoms with van der Waals surface area (Å²) in [6, 6.07) is 0. The van der Waals surface area contributed by atoms with Crippen LogP contribution in [0.25, 0.3) is 0 Å². The molecule has 1 atom stereocenters. The highest BCUT2D eigenvalue weighted by atomic mass is 16.5. The fraction of sp³-hybridized carbons (Fsp3) is 0.952. The van der Waals surface area contributed by atoms with Crippen molar-refractivity contribution in [3.05, 3.63) is 0 Å². The summed E-state index contributed by atoms with van der Waals surface area (Å²) < 4.78 is 5.38. The first-order chi connectivity index (χ1) is 12.6. The fourth-order valence-electron chi connectivity index (χ4n) is 3.00. The Balaban J connectivity index is 4.43. The van der Waals surface area contributed by atoms with Gasteiger partial charge in [-0.15, -0.1) is 0 Å². The van der Waals surface area contributed by atoms with Crippen LogP contribution in [0.1, 0.15) is 90.9 Å². The van der Waals surface area contributed by atoms with Crippen LogP contribution in [0.3, 0.4) is 0 Å². The molecule has 0 rings (SSSR count). The number of carbonyl (C=O) groups excluding carboxylic acids is 1. The number of esters is 1. The van der Waals surface area contributed by atoms with Gasteiger partial charge >= 0.3 is 5.97 Å². The smallest absolute Gasteiger partial charge is 0.308 e. The second-order valence-corrected chi connectivity index (χ2v) is 7.68. The van der Waals surface area contributed by atoms with E-state index in [0.717, 1.165) is 38.5 Å². The van der Waals surface area contributed by atoms with E-state index in [4.69, 9.17) is 4.74 Å². The molecule has 0 aliphatic rings. The molecule has 1 unspecified atom stereocenters. The van der Waals surface area contributed by atoms with Crippen LogP contribution in [0, 0.1) is 11.3 Å². The van der Waals surface area contributed by atoms with Gasteiger partial charge in [-0.25, -0.2) is 0 Å². The molecule has 0 saturated heterocycles. The van der Waals surface area contributed by atoms with Gasteiger partial charge in [-0.05, 0) is 12.8 Å². The van der Waals surface area contributed by atoms with E-state index < -0.39 is 25.2 Å². The molecule has 0 fully saturated rings. The van der Waals surface area contributed by atoms with Gasteiger partial charge in [0.25, 0.3) is 0 Å². The van der Waals surface area contributed by atoms with Gasteiger partial charge in [0, 0.05) is 0 Å². The highest BCUT2D eigenvalue weighted by Crippen LogP contribution is 2.22.